The molecule has 1 saturated heterocycles. The fourth-order valence-corrected chi connectivity index (χ4v) is 2.61. The van der Waals surface area contributed by atoms with Gasteiger partial charge in [-0.1, -0.05) is 5.16 Å². The van der Waals surface area contributed by atoms with E-state index in [-0.39, 0.29) is 5.91 Å². The van der Waals surface area contributed by atoms with Gasteiger partial charge in [-0.15, -0.1) is 0 Å². The molecule has 3 heterocycles. The Labute approximate surface area is 133 Å². The Morgan fingerprint density at radius 1 is 1.35 bits per heavy atom. The van der Waals surface area contributed by atoms with Gasteiger partial charge in [0.2, 0.25) is 17.6 Å². The molecule has 0 aliphatic carbocycles. The number of carbonyl (C=O) groups excluding carboxylic acids is 1. The second-order valence-corrected chi connectivity index (χ2v) is 5.60. The first kappa shape index (κ1) is 15.6. The summed E-state index contributed by atoms with van der Waals surface area (Å²) in [6.45, 7) is 4.03. The molecule has 8 heteroatoms. The van der Waals surface area contributed by atoms with E-state index in [1.54, 1.807) is 17.3 Å². The number of β-amino-alcohol motifs (C(OH)–C–C–N with tert-alkyl or cyclic N) is 1. The van der Waals surface area contributed by atoms with Crippen LogP contribution < -0.4 is 0 Å². The zero-order valence-corrected chi connectivity index (χ0v) is 12.9. The summed E-state index contributed by atoms with van der Waals surface area (Å²) in [5, 5.41) is 14.0. The highest BCUT2D eigenvalue weighted by atomic mass is 16.5. The van der Waals surface area contributed by atoms with Crippen LogP contribution in [0, 0.1) is 0 Å². The van der Waals surface area contributed by atoms with Crippen LogP contribution >= 0.6 is 0 Å². The second-order valence-electron chi connectivity index (χ2n) is 5.60. The molecule has 3 rings (SSSR count). The zero-order chi connectivity index (χ0) is 16.2. The zero-order valence-electron chi connectivity index (χ0n) is 12.9. The van der Waals surface area contributed by atoms with Crippen LogP contribution in [0.1, 0.15) is 12.8 Å². The smallest absolute Gasteiger partial charge is 0.241 e. The number of carbonyl (C=O) groups is 1. The monoisotopic (exact) mass is 317 g/mol. The standard InChI is InChI=1S/C15H19N5O3/c1-11(21)20-7-6-19(8-13(22)9-20)10-14-17-15(18-23-14)12-2-4-16-5-3-12/h2-5,13,22H,6-10H2,1H3/t13-/m0/s1. The van der Waals surface area contributed by atoms with Crippen LogP contribution in [0.4, 0.5) is 0 Å². The maximum Gasteiger partial charge on any atom is 0.241 e. The molecule has 0 aromatic carbocycles. The number of pyridine rings is 1. The summed E-state index contributed by atoms with van der Waals surface area (Å²) in [5.41, 5.74) is 0.841. The third-order valence-corrected chi connectivity index (χ3v) is 3.80. The molecule has 0 unspecified atom stereocenters. The highest BCUT2D eigenvalue weighted by Crippen LogP contribution is 2.15. The van der Waals surface area contributed by atoms with Crippen molar-refractivity contribution in [2.45, 2.75) is 19.6 Å². The topological polar surface area (TPSA) is 95.6 Å². The Balaban J connectivity index is 1.65. The lowest BCUT2D eigenvalue weighted by Gasteiger charge is -2.19. The predicted octanol–water partition coefficient (Wildman–Crippen LogP) is 0.157. The number of amides is 1. The first-order chi connectivity index (χ1) is 11.1. The van der Waals surface area contributed by atoms with Gasteiger partial charge in [-0.3, -0.25) is 14.7 Å². The lowest BCUT2D eigenvalue weighted by atomic mass is 10.2. The van der Waals surface area contributed by atoms with Crippen LogP contribution in [-0.4, -0.2) is 68.2 Å². The van der Waals surface area contributed by atoms with Gasteiger partial charge in [0, 0.05) is 51.1 Å². The number of aromatic nitrogens is 3. The average molecular weight is 317 g/mol. The first-order valence-electron chi connectivity index (χ1n) is 7.51. The Hall–Kier alpha value is -2.32. The Kier molecular flexibility index (Phi) is 4.63. The molecule has 2 aromatic heterocycles. The highest BCUT2D eigenvalue weighted by Gasteiger charge is 2.24. The summed E-state index contributed by atoms with van der Waals surface area (Å²) in [7, 11) is 0. The summed E-state index contributed by atoms with van der Waals surface area (Å²) in [5.74, 6) is 0.979. The van der Waals surface area contributed by atoms with E-state index in [4.69, 9.17) is 4.52 Å². The Morgan fingerprint density at radius 3 is 2.87 bits per heavy atom. The van der Waals surface area contributed by atoms with Crippen molar-refractivity contribution in [2.75, 3.05) is 26.2 Å². The summed E-state index contributed by atoms with van der Waals surface area (Å²) >= 11 is 0. The summed E-state index contributed by atoms with van der Waals surface area (Å²) in [6.07, 6.45) is 2.77. The fraction of sp³-hybridized carbons (Fsp3) is 0.467. The number of aliphatic hydroxyl groups is 1. The summed E-state index contributed by atoms with van der Waals surface area (Å²) < 4.78 is 5.29. The molecule has 1 aliphatic rings. The molecule has 1 fully saturated rings. The van der Waals surface area contributed by atoms with Gasteiger partial charge < -0.3 is 14.5 Å². The van der Waals surface area contributed by atoms with E-state index in [0.717, 1.165) is 5.56 Å². The molecule has 1 aliphatic heterocycles. The van der Waals surface area contributed by atoms with Crippen molar-refractivity contribution in [3.8, 4) is 11.4 Å². The lowest BCUT2D eigenvalue weighted by Crippen LogP contribution is -2.36. The van der Waals surface area contributed by atoms with Crippen LogP contribution in [0.5, 0.6) is 0 Å². The van der Waals surface area contributed by atoms with Gasteiger partial charge >= 0.3 is 0 Å². The third-order valence-electron chi connectivity index (χ3n) is 3.80. The predicted molar refractivity (Wildman–Crippen MR) is 81.1 cm³/mol. The van der Waals surface area contributed by atoms with Crippen LogP contribution in [0.3, 0.4) is 0 Å². The Bertz CT molecular complexity index is 660. The largest absolute Gasteiger partial charge is 0.390 e. The molecule has 122 valence electrons. The molecule has 0 spiro atoms. The second kappa shape index (κ2) is 6.84. The van der Waals surface area contributed by atoms with E-state index in [1.807, 2.05) is 17.0 Å². The first-order valence-corrected chi connectivity index (χ1v) is 7.51. The lowest BCUT2D eigenvalue weighted by molar-refractivity contribution is -0.129. The Morgan fingerprint density at radius 2 is 2.13 bits per heavy atom. The van der Waals surface area contributed by atoms with Crippen molar-refractivity contribution in [1.29, 1.82) is 0 Å². The van der Waals surface area contributed by atoms with Crippen molar-refractivity contribution in [1.82, 2.24) is 24.9 Å². The van der Waals surface area contributed by atoms with Crippen molar-refractivity contribution in [3.63, 3.8) is 0 Å². The van der Waals surface area contributed by atoms with Crippen molar-refractivity contribution < 1.29 is 14.4 Å². The van der Waals surface area contributed by atoms with Crippen LogP contribution in [-0.2, 0) is 11.3 Å². The van der Waals surface area contributed by atoms with Gasteiger partial charge in [-0.2, -0.15) is 4.98 Å². The number of aliphatic hydroxyl groups excluding tert-OH is 1. The minimum atomic E-state index is -0.580. The molecule has 0 bridgehead atoms. The van der Waals surface area contributed by atoms with E-state index in [2.05, 4.69) is 15.1 Å². The molecule has 2 aromatic rings. The van der Waals surface area contributed by atoms with Crippen LogP contribution in [0.25, 0.3) is 11.4 Å². The van der Waals surface area contributed by atoms with Crippen LogP contribution in [0.2, 0.25) is 0 Å². The van der Waals surface area contributed by atoms with E-state index in [1.165, 1.54) is 6.92 Å². The van der Waals surface area contributed by atoms with Crippen molar-refractivity contribution >= 4 is 5.91 Å². The summed E-state index contributed by atoms with van der Waals surface area (Å²) in [6, 6.07) is 3.63. The number of hydrogen-bond donors (Lipinski definition) is 1. The van der Waals surface area contributed by atoms with E-state index < -0.39 is 6.10 Å². The average Bonchev–Trinajstić information content (AvgIpc) is 2.91. The van der Waals surface area contributed by atoms with Crippen LogP contribution in [0.15, 0.2) is 29.0 Å². The van der Waals surface area contributed by atoms with Gasteiger partial charge in [0.1, 0.15) is 0 Å². The van der Waals surface area contributed by atoms with E-state index >= 15 is 0 Å². The minimum absolute atomic E-state index is 0.0244. The number of rotatable bonds is 3. The number of hydrogen-bond acceptors (Lipinski definition) is 7. The highest BCUT2D eigenvalue weighted by molar-refractivity contribution is 5.73. The van der Waals surface area contributed by atoms with Gasteiger partial charge in [0.05, 0.1) is 12.6 Å². The van der Waals surface area contributed by atoms with Crippen molar-refractivity contribution in [2.24, 2.45) is 0 Å². The van der Waals surface area contributed by atoms with Gasteiger partial charge in [-0.25, -0.2) is 0 Å². The molecule has 0 saturated carbocycles. The van der Waals surface area contributed by atoms with Crippen molar-refractivity contribution in [3.05, 3.63) is 30.4 Å². The van der Waals surface area contributed by atoms with Gasteiger partial charge in [0.15, 0.2) is 0 Å². The maximum atomic E-state index is 11.5. The molecular formula is C15H19N5O3. The normalized spacial score (nSPS) is 19.6. The number of nitrogens with zero attached hydrogens (tertiary/aromatic N) is 5. The van der Waals surface area contributed by atoms with E-state index in [0.29, 0.717) is 44.4 Å². The molecule has 8 nitrogen and oxygen atoms in total. The third kappa shape index (κ3) is 3.91. The molecule has 23 heavy (non-hydrogen) atoms. The quantitative estimate of drug-likeness (QED) is 0.861. The molecular weight excluding hydrogens is 298 g/mol. The molecule has 1 N–H and O–H groups in total. The minimum Gasteiger partial charge on any atom is -0.390 e. The maximum absolute atomic E-state index is 11.5. The van der Waals surface area contributed by atoms with Gasteiger partial charge in [-0.05, 0) is 12.1 Å². The molecule has 1 atom stereocenters. The fourth-order valence-electron chi connectivity index (χ4n) is 2.61. The van der Waals surface area contributed by atoms with Gasteiger partial charge in [0.25, 0.3) is 0 Å². The SMILES string of the molecule is CC(=O)N1CCN(Cc2nc(-c3ccncc3)no2)C[C@H](O)C1. The molecule has 0 radical (unpaired) electrons. The molecule has 1 amide bonds. The summed E-state index contributed by atoms with van der Waals surface area (Å²) in [4.78, 5) is 23.5. The van der Waals surface area contributed by atoms with E-state index in [9.17, 15) is 9.90 Å².